The Hall–Kier alpha value is -2.07. The van der Waals surface area contributed by atoms with Crippen LogP contribution in [0.1, 0.15) is 11.4 Å². The SMILES string of the molecule is CN=C(NCCc1nc(-c2ccco2)n[nH]1)N(C)Cc1cccc(Cl)c1.I. The molecular weight excluding hydrogens is 479 g/mol. The molecule has 0 aliphatic heterocycles. The van der Waals surface area contributed by atoms with Crippen LogP contribution >= 0.6 is 35.6 Å². The molecule has 0 bridgehead atoms. The second-order valence-corrected chi connectivity index (χ2v) is 6.23. The van der Waals surface area contributed by atoms with Gasteiger partial charge in [0, 0.05) is 38.6 Å². The van der Waals surface area contributed by atoms with Gasteiger partial charge in [0.25, 0.3) is 0 Å². The monoisotopic (exact) mass is 500 g/mol. The molecule has 144 valence electrons. The lowest BCUT2D eigenvalue weighted by Crippen LogP contribution is -2.39. The average molecular weight is 501 g/mol. The summed E-state index contributed by atoms with van der Waals surface area (Å²) in [5.74, 6) is 2.80. The van der Waals surface area contributed by atoms with Crippen molar-refractivity contribution in [3.8, 4) is 11.6 Å². The number of aromatic nitrogens is 3. The molecule has 2 heterocycles. The number of halogens is 2. The van der Waals surface area contributed by atoms with E-state index in [-0.39, 0.29) is 24.0 Å². The largest absolute Gasteiger partial charge is 0.461 e. The van der Waals surface area contributed by atoms with E-state index in [1.165, 1.54) is 0 Å². The zero-order chi connectivity index (χ0) is 18.4. The molecule has 0 aliphatic carbocycles. The van der Waals surface area contributed by atoms with Gasteiger partial charge in [-0.1, -0.05) is 23.7 Å². The summed E-state index contributed by atoms with van der Waals surface area (Å²) in [5, 5.41) is 11.2. The topological polar surface area (TPSA) is 82.3 Å². The number of hydrogen-bond donors (Lipinski definition) is 2. The van der Waals surface area contributed by atoms with Crippen LogP contribution in [0.5, 0.6) is 0 Å². The zero-order valence-corrected chi connectivity index (χ0v) is 18.2. The normalized spacial score (nSPS) is 11.1. The highest BCUT2D eigenvalue weighted by molar-refractivity contribution is 14.0. The lowest BCUT2D eigenvalue weighted by Gasteiger charge is -2.22. The van der Waals surface area contributed by atoms with Crippen LogP contribution in [0.3, 0.4) is 0 Å². The summed E-state index contributed by atoms with van der Waals surface area (Å²) in [6.07, 6.45) is 2.30. The maximum atomic E-state index is 6.04. The maximum Gasteiger partial charge on any atom is 0.216 e. The lowest BCUT2D eigenvalue weighted by molar-refractivity contribution is 0.477. The van der Waals surface area contributed by atoms with E-state index in [1.807, 2.05) is 48.3 Å². The second kappa shape index (κ2) is 10.3. The van der Waals surface area contributed by atoms with Crippen LogP contribution in [-0.2, 0) is 13.0 Å². The molecule has 2 N–H and O–H groups in total. The smallest absolute Gasteiger partial charge is 0.216 e. The molecule has 0 spiro atoms. The van der Waals surface area contributed by atoms with Gasteiger partial charge in [-0.25, -0.2) is 4.98 Å². The highest BCUT2D eigenvalue weighted by atomic mass is 127. The van der Waals surface area contributed by atoms with Crippen molar-refractivity contribution in [2.75, 3.05) is 20.6 Å². The van der Waals surface area contributed by atoms with E-state index in [0.29, 0.717) is 31.1 Å². The van der Waals surface area contributed by atoms with E-state index in [1.54, 1.807) is 13.3 Å². The molecule has 0 atom stereocenters. The van der Waals surface area contributed by atoms with Crippen LogP contribution in [0.25, 0.3) is 11.6 Å². The molecule has 7 nitrogen and oxygen atoms in total. The van der Waals surface area contributed by atoms with Crippen LogP contribution in [0.2, 0.25) is 5.02 Å². The van der Waals surface area contributed by atoms with Gasteiger partial charge in [0.1, 0.15) is 5.82 Å². The van der Waals surface area contributed by atoms with E-state index in [4.69, 9.17) is 16.0 Å². The number of hydrogen-bond acceptors (Lipinski definition) is 4. The van der Waals surface area contributed by atoms with Gasteiger partial charge >= 0.3 is 0 Å². The fourth-order valence-corrected chi connectivity index (χ4v) is 2.80. The molecule has 0 saturated heterocycles. The Balaban J connectivity index is 0.00000261. The van der Waals surface area contributed by atoms with Gasteiger partial charge in [-0.2, -0.15) is 5.10 Å². The van der Waals surface area contributed by atoms with Gasteiger partial charge in [-0.15, -0.1) is 24.0 Å². The van der Waals surface area contributed by atoms with E-state index < -0.39 is 0 Å². The highest BCUT2D eigenvalue weighted by Gasteiger charge is 2.10. The predicted molar refractivity (Wildman–Crippen MR) is 117 cm³/mol. The van der Waals surface area contributed by atoms with Crippen molar-refractivity contribution in [2.24, 2.45) is 4.99 Å². The summed E-state index contributed by atoms with van der Waals surface area (Å²) >= 11 is 6.04. The van der Waals surface area contributed by atoms with Crippen LogP contribution in [-0.4, -0.2) is 46.7 Å². The molecule has 0 aliphatic rings. The molecule has 3 rings (SSSR count). The summed E-state index contributed by atoms with van der Waals surface area (Å²) < 4.78 is 5.29. The van der Waals surface area contributed by atoms with Gasteiger partial charge < -0.3 is 14.6 Å². The number of nitrogens with one attached hydrogen (secondary N) is 2. The van der Waals surface area contributed by atoms with Crippen LogP contribution in [0, 0.1) is 0 Å². The first-order valence-electron chi connectivity index (χ1n) is 8.27. The number of rotatable bonds is 6. The summed E-state index contributed by atoms with van der Waals surface area (Å²) in [6, 6.07) is 11.5. The Morgan fingerprint density at radius 1 is 1.33 bits per heavy atom. The quantitative estimate of drug-likeness (QED) is 0.307. The molecule has 2 aromatic heterocycles. The van der Waals surface area contributed by atoms with Crippen LogP contribution < -0.4 is 5.32 Å². The third-order valence-corrected chi connectivity index (χ3v) is 4.04. The van der Waals surface area contributed by atoms with Gasteiger partial charge in [0.2, 0.25) is 5.82 Å². The molecule has 0 fully saturated rings. The van der Waals surface area contributed by atoms with Crippen molar-refractivity contribution >= 4 is 41.5 Å². The first-order valence-corrected chi connectivity index (χ1v) is 8.65. The fourth-order valence-electron chi connectivity index (χ4n) is 2.58. The van der Waals surface area contributed by atoms with Gasteiger partial charge in [-0.05, 0) is 29.8 Å². The van der Waals surface area contributed by atoms with Crippen molar-refractivity contribution in [1.82, 2.24) is 25.4 Å². The molecule has 0 radical (unpaired) electrons. The first kappa shape index (κ1) is 21.2. The fraction of sp³-hybridized carbons (Fsp3) is 0.278. The molecule has 0 amide bonds. The average Bonchev–Trinajstić information content (AvgIpc) is 3.30. The van der Waals surface area contributed by atoms with E-state index in [2.05, 4.69) is 25.5 Å². The number of aromatic amines is 1. The number of aliphatic imine (C=N–C) groups is 1. The first-order chi connectivity index (χ1) is 12.7. The van der Waals surface area contributed by atoms with E-state index >= 15 is 0 Å². The minimum atomic E-state index is 0. The summed E-state index contributed by atoms with van der Waals surface area (Å²) in [4.78, 5) is 10.8. The van der Waals surface area contributed by atoms with Gasteiger partial charge in [0.15, 0.2) is 11.7 Å². The molecule has 27 heavy (non-hydrogen) atoms. The number of H-pyrrole nitrogens is 1. The minimum absolute atomic E-state index is 0. The van der Waals surface area contributed by atoms with Crippen molar-refractivity contribution in [2.45, 2.75) is 13.0 Å². The predicted octanol–water partition coefficient (Wildman–Crippen LogP) is 3.59. The number of guanidine groups is 1. The molecule has 1 aromatic carbocycles. The Morgan fingerprint density at radius 3 is 2.89 bits per heavy atom. The Labute approximate surface area is 180 Å². The van der Waals surface area contributed by atoms with Crippen molar-refractivity contribution in [1.29, 1.82) is 0 Å². The molecular formula is C18H22ClIN6O. The number of benzene rings is 1. The summed E-state index contributed by atoms with van der Waals surface area (Å²) in [7, 11) is 3.75. The molecule has 0 saturated carbocycles. The van der Waals surface area contributed by atoms with Crippen LogP contribution in [0.4, 0.5) is 0 Å². The Kier molecular flexibility index (Phi) is 8.11. The van der Waals surface area contributed by atoms with E-state index in [9.17, 15) is 0 Å². The van der Waals surface area contributed by atoms with Crippen LogP contribution in [0.15, 0.2) is 52.1 Å². The molecule has 3 aromatic rings. The van der Waals surface area contributed by atoms with Crippen molar-refractivity contribution < 1.29 is 4.42 Å². The lowest BCUT2D eigenvalue weighted by atomic mass is 10.2. The highest BCUT2D eigenvalue weighted by Crippen LogP contribution is 2.14. The number of furan rings is 1. The van der Waals surface area contributed by atoms with Crippen molar-refractivity contribution in [3.05, 3.63) is 59.1 Å². The molecule has 0 unspecified atom stereocenters. The van der Waals surface area contributed by atoms with Gasteiger partial charge in [0.05, 0.1) is 6.26 Å². The van der Waals surface area contributed by atoms with Gasteiger partial charge in [-0.3, -0.25) is 10.1 Å². The summed E-state index contributed by atoms with van der Waals surface area (Å²) in [5.41, 5.74) is 1.13. The number of nitrogens with zero attached hydrogens (tertiary/aromatic N) is 4. The third-order valence-electron chi connectivity index (χ3n) is 3.80. The van der Waals surface area contributed by atoms with Crippen molar-refractivity contribution in [3.63, 3.8) is 0 Å². The summed E-state index contributed by atoms with van der Waals surface area (Å²) in [6.45, 7) is 1.39. The second-order valence-electron chi connectivity index (χ2n) is 5.79. The third kappa shape index (κ3) is 5.96. The van der Waals surface area contributed by atoms with E-state index in [0.717, 1.165) is 22.4 Å². The Morgan fingerprint density at radius 2 is 2.19 bits per heavy atom. The Bertz CT molecular complexity index is 864. The maximum absolute atomic E-state index is 6.04. The zero-order valence-electron chi connectivity index (χ0n) is 15.1. The standard InChI is InChI=1S/C18H21ClN6O.HI/c1-20-18(25(2)12-13-5-3-6-14(19)11-13)21-9-8-16-22-17(24-23-16)15-7-4-10-26-15;/h3-7,10-11H,8-9,12H2,1-2H3,(H,20,21)(H,22,23,24);1H. The molecule has 9 heteroatoms. The minimum Gasteiger partial charge on any atom is -0.461 e.